The van der Waals surface area contributed by atoms with Gasteiger partial charge in [-0.05, 0) is 11.1 Å². The maximum Gasteiger partial charge on any atom is 0.233 e. The number of piperazine rings is 1. The van der Waals surface area contributed by atoms with Gasteiger partial charge in [0.15, 0.2) is 4.34 Å². The smallest absolute Gasteiger partial charge is 0.233 e. The molecular formula is C21H23N5OS2. The van der Waals surface area contributed by atoms with E-state index in [4.69, 9.17) is 5.73 Å². The highest BCUT2D eigenvalue weighted by Gasteiger charge is 2.28. The molecule has 0 unspecified atom stereocenters. The van der Waals surface area contributed by atoms with E-state index in [0.717, 1.165) is 30.5 Å². The van der Waals surface area contributed by atoms with Crippen molar-refractivity contribution in [3.63, 3.8) is 0 Å². The van der Waals surface area contributed by atoms with Crippen LogP contribution < -0.4 is 5.73 Å². The Balaban J connectivity index is 1.39. The lowest BCUT2D eigenvalue weighted by Crippen LogP contribution is -2.50. The van der Waals surface area contributed by atoms with Crippen molar-refractivity contribution in [2.24, 2.45) is 0 Å². The van der Waals surface area contributed by atoms with Gasteiger partial charge in [-0.2, -0.15) is 0 Å². The van der Waals surface area contributed by atoms with Crippen LogP contribution in [0.4, 0.5) is 5.13 Å². The van der Waals surface area contributed by atoms with Crippen LogP contribution >= 0.6 is 23.1 Å². The van der Waals surface area contributed by atoms with E-state index in [9.17, 15) is 4.79 Å². The van der Waals surface area contributed by atoms with Crippen molar-refractivity contribution in [2.75, 3.05) is 37.7 Å². The molecular weight excluding hydrogens is 402 g/mol. The highest BCUT2D eigenvalue weighted by molar-refractivity contribution is 8.01. The fourth-order valence-electron chi connectivity index (χ4n) is 3.61. The lowest BCUT2D eigenvalue weighted by molar-refractivity contribution is -0.130. The Labute approximate surface area is 178 Å². The van der Waals surface area contributed by atoms with Crippen molar-refractivity contribution in [3.05, 3.63) is 71.8 Å². The molecule has 0 bridgehead atoms. The lowest BCUT2D eigenvalue weighted by atomic mass is 9.96. The first-order valence-electron chi connectivity index (χ1n) is 9.54. The van der Waals surface area contributed by atoms with Crippen molar-refractivity contribution >= 4 is 34.1 Å². The predicted octanol–water partition coefficient (Wildman–Crippen LogP) is 3.15. The molecule has 0 saturated carbocycles. The summed E-state index contributed by atoms with van der Waals surface area (Å²) in [4.78, 5) is 17.0. The SMILES string of the molecule is Nc1nnc(SCC(=O)N2CCN(C(c3ccccc3)c3ccccc3)CC2)s1. The Bertz CT molecular complexity index is 887. The molecule has 4 rings (SSSR count). The number of carbonyl (C=O) groups excluding carboxylic acids is 1. The van der Waals surface area contributed by atoms with E-state index in [1.54, 1.807) is 0 Å². The second-order valence-corrected chi connectivity index (χ2v) is 9.07. The Hall–Kier alpha value is -2.42. The number of benzene rings is 2. The predicted molar refractivity (Wildman–Crippen MR) is 118 cm³/mol. The molecule has 2 aromatic carbocycles. The minimum atomic E-state index is 0.138. The zero-order chi connectivity index (χ0) is 20.1. The monoisotopic (exact) mass is 425 g/mol. The quantitative estimate of drug-likeness (QED) is 0.612. The van der Waals surface area contributed by atoms with E-state index in [2.05, 4.69) is 63.6 Å². The van der Waals surface area contributed by atoms with Gasteiger partial charge in [0, 0.05) is 26.2 Å². The van der Waals surface area contributed by atoms with E-state index in [0.29, 0.717) is 10.9 Å². The van der Waals surface area contributed by atoms with Crippen LogP contribution in [0.1, 0.15) is 17.2 Å². The molecule has 0 aliphatic carbocycles. The molecule has 1 saturated heterocycles. The largest absolute Gasteiger partial charge is 0.374 e. The number of hydrogen-bond acceptors (Lipinski definition) is 7. The lowest BCUT2D eigenvalue weighted by Gasteiger charge is -2.39. The van der Waals surface area contributed by atoms with Gasteiger partial charge < -0.3 is 10.6 Å². The van der Waals surface area contributed by atoms with Crippen LogP contribution in [0.15, 0.2) is 65.0 Å². The van der Waals surface area contributed by atoms with E-state index >= 15 is 0 Å². The average molecular weight is 426 g/mol. The van der Waals surface area contributed by atoms with E-state index < -0.39 is 0 Å². The number of rotatable bonds is 6. The zero-order valence-electron chi connectivity index (χ0n) is 16.0. The van der Waals surface area contributed by atoms with E-state index in [1.165, 1.54) is 34.2 Å². The summed E-state index contributed by atoms with van der Waals surface area (Å²) in [6.45, 7) is 3.15. The van der Waals surface area contributed by atoms with Gasteiger partial charge in [0.2, 0.25) is 11.0 Å². The summed E-state index contributed by atoms with van der Waals surface area (Å²) < 4.78 is 0.739. The van der Waals surface area contributed by atoms with Crippen molar-refractivity contribution in [1.82, 2.24) is 20.0 Å². The highest BCUT2D eigenvalue weighted by atomic mass is 32.2. The van der Waals surface area contributed by atoms with Crippen molar-refractivity contribution in [1.29, 1.82) is 0 Å². The fraction of sp³-hybridized carbons (Fsp3) is 0.286. The van der Waals surface area contributed by atoms with Crippen LogP contribution in [0.2, 0.25) is 0 Å². The Kier molecular flexibility index (Phi) is 6.43. The molecule has 150 valence electrons. The van der Waals surface area contributed by atoms with Crippen LogP contribution in [0, 0.1) is 0 Å². The minimum absolute atomic E-state index is 0.138. The second-order valence-electron chi connectivity index (χ2n) is 6.84. The standard InChI is InChI=1S/C21H23N5OS2/c22-20-23-24-21(29-20)28-15-18(27)25-11-13-26(14-12-25)19(16-7-3-1-4-8-16)17-9-5-2-6-10-17/h1-10,19H,11-15H2,(H2,22,23). The third-order valence-corrected chi connectivity index (χ3v) is 6.87. The molecule has 1 fully saturated rings. The van der Waals surface area contributed by atoms with Gasteiger partial charge >= 0.3 is 0 Å². The fourth-order valence-corrected chi connectivity index (χ4v) is 5.15. The molecule has 1 aromatic heterocycles. The van der Waals surface area contributed by atoms with Crippen LogP contribution in [0.3, 0.4) is 0 Å². The van der Waals surface area contributed by atoms with E-state index in [-0.39, 0.29) is 11.9 Å². The van der Waals surface area contributed by atoms with E-state index in [1.807, 2.05) is 17.0 Å². The van der Waals surface area contributed by atoms with Gasteiger partial charge in [0.1, 0.15) is 0 Å². The second kappa shape index (κ2) is 9.39. The molecule has 6 nitrogen and oxygen atoms in total. The average Bonchev–Trinajstić information content (AvgIpc) is 3.19. The van der Waals surface area contributed by atoms with Crippen LogP contribution in [0.5, 0.6) is 0 Å². The number of hydrogen-bond donors (Lipinski definition) is 1. The van der Waals surface area contributed by atoms with Gasteiger partial charge in [-0.3, -0.25) is 9.69 Å². The Morgan fingerprint density at radius 2 is 1.55 bits per heavy atom. The molecule has 29 heavy (non-hydrogen) atoms. The third-order valence-electron chi connectivity index (χ3n) is 5.00. The molecule has 2 N–H and O–H groups in total. The zero-order valence-corrected chi connectivity index (χ0v) is 17.6. The number of aromatic nitrogens is 2. The van der Waals surface area contributed by atoms with Crippen molar-refractivity contribution in [2.45, 2.75) is 10.4 Å². The maximum atomic E-state index is 12.6. The first-order valence-corrected chi connectivity index (χ1v) is 11.3. The normalized spacial score (nSPS) is 15.0. The number of nitrogen functional groups attached to an aromatic ring is 1. The highest BCUT2D eigenvalue weighted by Crippen LogP contribution is 2.30. The number of nitrogens with zero attached hydrogens (tertiary/aromatic N) is 4. The summed E-state index contributed by atoms with van der Waals surface area (Å²) in [6.07, 6.45) is 0. The number of carbonyl (C=O) groups is 1. The maximum absolute atomic E-state index is 12.6. The minimum Gasteiger partial charge on any atom is -0.374 e. The molecule has 3 aromatic rings. The third kappa shape index (κ3) is 4.95. The molecule has 1 aliphatic heterocycles. The Morgan fingerprint density at radius 3 is 2.07 bits per heavy atom. The van der Waals surface area contributed by atoms with Gasteiger partial charge in [-0.15, -0.1) is 10.2 Å². The van der Waals surface area contributed by atoms with Crippen molar-refractivity contribution < 1.29 is 4.79 Å². The number of nitrogens with two attached hydrogens (primary N) is 1. The molecule has 0 atom stereocenters. The summed E-state index contributed by atoms with van der Waals surface area (Å²) in [7, 11) is 0. The molecule has 1 amide bonds. The molecule has 1 aliphatic rings. The summed E-state index contributed by atoms with van der Waals surface area (Å²) in [5, 5.41) is 8.18. The first-order chi connectivity index (χ1) is 14.2. The molecule has 2 heterocycles. The number of thioether (sulfide) groups is 1. The first kappa shape index (κ1) is 19.9. The topological polar surface area (TPSA) is 75.3 Å². The van der Waals surface area contributed by atoms with Crippen LogP contribution in [-0.4, -0.2) is 57.8 Å². The summed E-state index contributed by atoms with van der Waals surface area (Å²) in [6, 6.07) is 21.4. The van der Waals surface area contributed by atoms with Crippen LogP contribution in [0.25, 0.3) is 0 Å². The molecule has 0 spiro atoms. The van der Waals surface area contributed by atoms with Crippen LogP contribution in [-0.2, 0) is 4.79 Å². The Morgan fingerprint density at radius 1 is 0.966 bits per heavy atom. The van der Waals surface area contributed by atoms with Crippen molar-refractivity contribution in [3.8, 4) is 0 Å². The number of anilines is 1. The van der Waals surface area contributed by atoms with Gasteiger partial charge in [-0.25, -0.2) is 0 Å². The van der Waals surface area contributed by atoms with Gasteiger partial charge in [0.05, 0.1) is 11.8 Å². The van der Waals surface area contributed by atoms with Gasteiger partial charge in [-0.1, -0.05) is 83.8 Å². The van der Waals surface area contributed by atoms with Gasteiger partial charge in [0.25, 0.3) is 0 Å². The summed E-state index contributed by atoms with van der Waals surface area (Å²) in [5.74, 6) is 0.509. The molecule has 8 heteroatoms. The molecule has 0 radical (unpaired) electrons. The number of amides is 1. The summed E-state index contributed by atoms with van der Waals surface area (Å²) >= 11 is 2.72. The summed E-state index contributed by atoms with van der Waals surface area (Å²) in [5.41, 5.74) is 8.16.